The molecule has 10 heteroatoms. The maximum atomic E-state index is 9.64. The fourth-order valence-corrected chi connectivity index (χ4v) is 5.67. The number of aromatic nitrogens is 5. The number of rotatable bonds is 8. The quantitative estimate of drug-likeness (QED) is 0.279. The molecule has 2 aliphatic rings. The van der Waals surface area contributed by atoms with Crippen molar-refractivity contribution in [3.8, 4) is 17.3 Å². The Hall–Kier alpha value is -2.84. The second-order valence-corrected chi connectivity index (χ2v) is 8.99. The Morgan fingerprint density at radius 1 is 1.38 bits per heavy atom. The largest absolute Gasteiger partial charge is 0.346 e. The number of fused-ring (bicyclic) bond motifs is 2. The number of nitrogens with one attached hydrogen (secondary N) is 2. The van der Waals surface area contributed by atoms with Gasteiger partial charge in [-0.05, 0) is 37.3 Å². The van der Waals surface area contributed by atoms with E-state index in [0.29, 0.717) is 24.8 Å². The van der Waals surface area contributed by atoms with Crippen LogP contribution in [0.15, 0.2) is 31.0 Å². The van der Waals surface area contributed by atoms with Gasteiger partial charge in [-0.15, -0.1) is 0 Å². The molecular formula is C22H28N8O2. The molecule has 2 fully saturated rings. The summed E-state index contributed by atoms with van der Waals surface area (Å²) < 4.78 is 2.01. The third kappa shape index (κ3) is 3.67. The molecule has 4 heterocycles. The molecule has 4 atom stereocenters. The summed E-state index contributed by atoms with van der Waals surface area (Å²) >= 11 is 0. The highest BCUT2D eigenvalue weighted by atomic mass is 17.1. The van der Waals surface area contributed by atoms with E-state index in [0.717, 1.165) is 54.8 Å². The van der Waals surface area contributed by atoms with E-state index in [1.54, 1.807) is 6.33 Å². The van der Waals surface area contributed by atoms with E-state index < -0.39 is 0 Å². The van der Waals surface area contributed by atoms with Crippen molar-refractivity contribution in [2.75, 3.05) is 26.2 Å². The number of likely N-dealkylation sites (tertiary alicyclic amines) is 1. The number of H-pyrrole nitrogens is 1. The summed E-state index contributed by atoms with van der Waals surface area (Å²) in [6.45, 7) is 5.25. The molecule has 1 aliphatic carbocycles. The highest BCUT2D eigenvalue weighted by molar-refractivity contribution is 5.89. The lowest BCUT2D eigenvalue weighted by Crippen LogP contribution is -2.42. The fourth-order valence-electron chi connectivity index (χ4n) is 5.67. The minimum absolute atomic E-state index is 0.298. The van der Waals surface area contributed by atoms with E-state index in [1.165, 1.54) is 0 Å². The minimum Gasteiger partial charge on any atom is -0.346 e. The van der Waals surface area contributed by atoms with Crippen LogP contribution in [0.25, 0.3) is 22.3 Å². The van der Waals surface area contributed by atoms with Gasteiger partial charge < -0.3 is 4.98 Å². The van der Waals surface area contributed by atoms with E-state index in [9.17, 15) is 5.26 Å². The highest BCUT2D eigenvalue weighted by Crippen LogP contribution is 2.49. The lowest BCUT2D eigenvalue weighted by atomic mass is 9.92. The summed E-state index contributed by atoms with van der Waals surface area (Å²) in [6, 6.07) is 4.38. The summed E-state index contributed by atoms with van der Waals surface area (Å²) in [5.74, 6) is 0.986. The van der Waals surface area contributed by atoms with Crippen LogP contribution in [0, 0.1) is 23.2 Å². The number of nitriles is 1. The molecule has 168 valence electrons. The van der Waals surface area contributed by atoms with Crippen molar-refractivity contribution in [1.82, 2.24) is 34.9 Å². The first-order chi connectivity index (χ1) is 15.7. The molecule has 3 aromatic rings. The van der Waals surface area contributed by atoms with Gasteiger partial charge in [0.05, 0.1) is 29.9 Å². The standard InChI is InChI=1S/C22H28N8O2/c1-2-24-19(32-31)13-29-10-15-7-22(4-5-23,8-16(15)11-29)30-12-17(9-28-30)20-18-3-6-25-21(18)27-14-26-20/h3,6,9,12,14-16,19,24,31H,2,4,7-8,10-11,13H2,1H3,(H,25,26,27)/t15-,16+,19?,22?. The Balaban J connectivity index is 1.35. The van der Waals surface area contributed by atoms with Crippen molar-refractivity contribution in [2.45, 2.75) is 38.0 Å². The van der Waals surface area contributed by atoms with Crippen molar-refractivity contribution in [2.24, 2.45) is 11.8 Å². The first kappa shape index (κ1) is 21.0. The van der Waals surface area contributed by atoms with Crippen LogP contribution in [0.1, 0.15) is 26.2 Å². The second-order valence-electron chi connectivity index (χ2n) is 8.99. The van der Waals surface area contributed by atoms with Gasteiger partial charge in [-0.1, -0.05) is 6.92 Å². The lowest BCUT2D eigenvalue weighted by Gasteiger charge is -2.30. The molecule has 3 aromatic heterocycles. The third-order valence-corrected chi connectivity index (χ3v) is 7.02. The zero-order valence-corrected chi connectivity index (χ0v) is 18.1. The smallest absolute Gasteiger partial charge is 0.156 e. The summed E-state index contributed by atoms with van der Waals surface area (Å²) in [5.41, 5.74) is 2.28. The van der Waals surface area contributed by atoms with Crippen molar-refractivity contribution < 1.29 is 10.1 Å². The van der Waals surface area contributed by atoms with E-state index >= 15 is 0 Å². The number of hydrogen-bond donors (Lipinski definition) is 3. The zero-order valence-electron chi connectivity index (χ0n) is 18.1. The number of aromatic amines is 1. The molecular weight excluding hydrogens is 408 g/mol. The maximum Gasteiger partial charge on any atom is 0.156 e. The van der Waals surface area contributed by atoms with Gasteiger partial charge in [0, 0.05) is 43.0 Å². The predicted molar refractivity (Wildman–Crippen MR) is 117 cm³/mol. The molecule has 0 radical (unpaired) electrons. The molecule has 1 saturated heterocycles. The van der Waals surface area contributed by atoms with Crippen LogP contribution < -0.4 is 5.32 Å². The van der Waals surface area contributed by atoms with Gasteiger partial charge >= 0.3 is 0 Å². The third-order valence-electron chi connectivity index (χ3n) is 7.02. The number of nitrogens with zero attached hydrogens (tertiary/aromatic N) is 6. The van der Waals surface area contributed by atoms with Crippen LogP contribution in [0.4, 0.5) is 0 Å². The van der Waals surface area contributed by atoms with Gasteiger partial charge in [0.15, 0.2) is 6.23 Å². The Labute approximate surface area is 186 Å². The minimum atomic E-state index is -0.380. The van der Waals surface area contributed by atoms with E-state index in [1.807, 2.05) is 36.3 Å². The summed E-state index contributed by atoms with van der Waals surface area (Å²) in [4.78, 5) is 18.8. The van der Waals surface area contributed by atoms with E-state index in [4.69, 9.17) is 10.4 Å². The van der Waals surface area contributed by atoms with Crippen LogP contribution in [0.5, 0.6) is 0 Å². The van der Waals surface area contributed by atoms with Crippen molar-refractivity contribution in [1.29, 1.82) is 5.26 Å². The Bertz CT molecular complexity index is 1100. The summed E-state index contributed by atoms with van der Waals surface area (Å²) in [7, 11) is 0. The number of hydrogen-bond acceptors (Lipinski definition) is 8. The van der Waals surface area contributed by atoms with Gasteiger partial charge in [-0.3, -0.25) is 20.2 Å². The van der Waals surface area contributed by atoms with Crippen LogP contribution >= 0.6 is 0 Å². The first-order valence-corrected chi connectivity index (χ1v) is 11.1. The normalized spacial score (nSPS) is 26.4. The molecule has 5 rings (SSSR count). The Morgan fingerprint density at radius 3 is 2.91 bits per heavy atom. The number of likely N-dealkylation sites (N-methyl/N-ethyl adjacent to an activating group) is 1. The Kier molecular flexibility index (Phi) is 5.65. The SMILES string of the molecule is CCNC(CN1C[C@@H]2CC(CC#N)(n3cc(-c4ncnc5[nH]ccc45)cn3)C[C@@H]2C1)OO. The zero-order chi connectivity index (χ0) is 22.1. The van der Waals surface area contributed by atoms with Crippen LogP contribution in [0.3, 0.4) is 0 Å². The van der Waals surface area contributed by atoms with Crippen molar-refractivity contribution >= 4 is 11.0 Å². The average Bonchev–Trinajstić information content (AvgIpc) is 3.56. The lowest BCUT2D eigenvalue weighted by molar-refractivity contribution is -0.288. The summed E-state index contributed by atoms with van der Waals surface area (Å²) in [6.07, 6.45) is 9.17. The molecule has 2 unspecified atom stereocenters. The van der Waals surface area contributed by atoms with Crippen LogP contribution in [-0.2, 0) is 10.4 Å². The van der Waals surface area contributed by atoms with Crippen LogP contribution in [-0.4, -0.2) is 67.3 Å². The molecule has 1 saturated carbocycles. The topological polar surface area (TPSA) is 128 Å². The maximum absolute atomic E-state index is 9.64. The monoisotopic (exact) mass is 436 g/mol. The molecule has 3 N–H and O–H groups in total. The fraction of sp³-hybridized carbons (Fsp3) is 0.545. The predicted octanol–water partition coefficient (Wildman–Crippen LogP) is 2.20. The van der Waals surface area contributed by atoms with E-state index in [2.05, 4.69) is 36.1 Å². The molecule has 32 heavy (non-hydrogen) atoms. The molecule has 0 bridgehead atoms. The van der Waals surface area contributed by atoms with E-state index in [-0.39, 0.29) is 11.8 Å². The molecule has 0 spiro atoms. The molecule has 0 aromatic carbocycles. The van der Waals surface area contributed by atoms with Crippen LogP contribution in [0.2, 0.25) is 0 Å². The first-order valence-electron chi connectivity index (χ1n) is 11.1. The van der Waals surface area contributed by atoms with Gasteiger partial charge in [0.2, 0.25) is 0 Å². The Morgan fingerprint density at radius 2 is 2.19 bits per heavy atom. The second kappa shape index (κ2) is 8.60. The summed E-state index contributed by atoms with van der Waals surface area (Å²) in [5, 5.41) is 27.6. The van der Waals surface area contributed by atoms with Gasteiger partial charge in [-0.2, -0.15) is 10.4 Å². The van der Waals surface area contributed by atoms with Gasteiger partial charge in [0.1, 0.15) is 12.0 Å². The van der Waals surface area contributed by atoms with Gasteiger partial charge in [-0.25, -0.2) is 14.9 Å². The highest BCUT2D eigenvalue weighted by Gasteiger charge is 2.50. The average molecular weight is 437 g/mol. The molecule has 0 amide bonds. The van der Waals surface area contributed by atoms with Crippen molar-refractivity contribution in [3.63, 3.8) is 0 Å². The van der Waals surface area contributed by atoms with Crippen molar-refractivity contribution in [3.05, 3.63) is 31.0 Å². The molecule has 1 aliphatic heterocycles. The molecule has 10 nitrogen and oxygen atoms in total. The van der Waals surface area contributed by atoms with Gasteiger partial charge in [0.25, 0.3) is 0 Å².